The Morgan fingerprint density at radius 2 is 1.54 bits per heavy atom. The fraction of sp³-hybridized carbons (Fsp3) is 0.870. The number of carbonyl (C=O) groups is 3. The number of hydrogen-bond donors (Lipinski definition) is 2. The van der Waals surface area contributed by atoms with Gasteiger partial charge in [-0.25, -0.2) is 4.79 Å². The van der Waals surface area contributed by atoms with Crippen LogP contribution < -0.4 is 10.6 Å². The van der Waals surface area contributed by atoms with Gasteiger partial charge in [0.1, 0.15) is 30.0 Å². The molecule has 3 aliphatic heterocycles. The summed E-state index contributed by atoms with van der Waals surface area (Å²) in [5.41, 5.74) is -0.650. The fourth-order valence-electron chi connectivity index (χ4n) is 4.35. The molecule has 3 rings (SSSR count). The van der Waals surface area contributed by atoms with Crippen molar-refractivity contribution in [3.05, 3.63) is 0 Å². The molecule has 0 saturated carbocycles. The van der Waals surface area contributed by atoms with Gasteiger partial charge in [0.25, 0.3) is 0 Å². The molecule has 0 aromatic rings. The van der Waals surface area contributed by atoms with Crippen molar-refractivity contribution in [1.82, 2.24) is 10.6 Å². The Morgan fingerprint density at radius 3 is 2.17 bits per heavy atom. The van der Waals surface area contributed by atoms with Crippen molar-refractivity contribution in [2.24, 2.45) is 0 Å². The van der Waals surface area contributed by atoms with E-state index in [1.165, 1.54) is 7.11 Å². The number of hydrogen-bond acceptors (Lipinski definition) is 10. The molecule has 2 N–H and O–H groups in total. The first-order valence-corrected chi connectivity index (χ1v) is 11.8. The summed E-state index contributed by atoms with van der Waals surface area (Å²) in [6.45, 7) is 12.4. The van der Waals surface area contributed by atoms with Gasteiger partial charge in [-0.2, -0.15) is 0 Å². The summed E-state index contributed by atoms with van der Waals surface area (Å²) in [5, 5.41) is 5.36. The topological polar surface area (TPSA) is 140 Å². The molecule has 12 heteroatoms. The minimum atomic E-state index is -0.931. The maximum Gasteiger partial charge on any atom is 0.407 e. The molecule has 2 amide bonds. The monoisotopic (exact) mass is 502 g/mol. The van der Waals surface area contributed by atoms with Crippen molar-refractivity contribution >= 4 is 18.0 Å². The highest BCUT2D eigenvalue weighted by molar-refractivity contribution is 5.78. The van der Waals surface area contributed by atoms with E-state index < -0.39 is 71.9 Å². The van der Waals surface area contributed by atoms with Crippen molar-refractivity contribution in [3.8, 4) is 0 Å². The second-order valence-corrected chi connectivity index (χ2v) is 10.8. The predicted octanol–water partition coefficient (Wildman–Crippen LogP) is 1.35. The Bertz CT molecular complexity index is 809. The predicted molar refractivity (Wildman–Crippen MR) is 120 cm³/mol. The van der Waals surface area contributed by atoms with Gasteiger partial charge in [0, 0.05) is 13.0 Å². The number of carbonyl (C=O) groups excluding carboxylic acids is 3. The van der Waals surface area contributed by atoms with Gasteiger partial charge in [0.2, 0.25) is 5.91 Å². The van der Waals surface area contributed by atoms with Crippen molar-refractivity contribution in [2.75, 3.05) is 13.7 Å². The summed E-state index contributed by atoms with van der Waals surface area (Å²) in [6, 6.07) is -0.810. The van der Waals surface area contributed by atoms with Crippen molar-refractivity contribution < 1.29 is 47.5 Å². The third kappa shape index (κ3) is 7.26. The van der Waals surface area contributed by atoms with Crippen LogP contribution in [0.25, 0.3) is 0 Å². The van der Waals surface area contributed by atoms with Gasteiger partial charge in [-0.3, -0.25) is 9.59 Å². The molecule has 0 aliphatic carbocycles. The lowest BCUT2D eigenvalue weighted by molar-refractivity contribution is -0.240. The molecular weight excluding hydrogens is 464 g/mol. The van der Waals surface area contributed by atoms with Crippen molar-refractivity contribution in [3.63, 3.8) is 0 Å². The second-order valence-electron chi connectivity index (χ2n) is 10.8. The smallest absolute Gasteiger partial charge is 0.407 e. The van der Waals surface area contributed by atoms with Crippen LogP contribution in [0.5, 0.6) is 0 Å². The lowest BCUT2D eigenvalue weighted by atomic mass is 9.92. The summed E-state index contributed by atoms with van der Waals surface area (Å²) in [6.07, 6.45) is -4.12. The van der Waals surface area contributed by atoms with E-state index in [1.807, 2.05) is 0 Å². The van der Waals surface area contributed by atoms with E-state index in [1.54, 1.807) is 48.5 Å². The minimum Gasteiger partial charge on any atom is -0.469 e. The molecule has 6 atom stereocenters. The Morgan fingerprint density at radius 1 is 0.943 bits per heavy atom. The number of amides is 2. The SMILES string of the molecule is COC(=O)C[C@H](NC(=O)CCNC(=O)OC(C)(C)C)[C@H]1O[C@@H]2OC(C)(C)O[C@@H]2[C@H]2OC(C)(C)O[C@H]21. The van der Waals surface area contributed by atoms with E-state index in [2.05, 4.69) is 10.6 Å². The Labute approximate surface area is 205 Å². The third-order valence-electron chi connectivity index (χ3n) is 5.57. The summed E-state index contributed by atoms with van der Waals surface area (Å²) in [7, 11) is 1.27. The van der Waals surface area contributed by atoms with E-state index in [9.17, 15) is 14.4 Å². The van der Waals surface area contributed by atoms with E-state index in [0.717, 1.165) is 0 Å². The van der Waals surface area contributed by atoms with Crippen LogP contribution in [-0.4, -0.2) is 85.5 Å². The quantitative estimate of drug-likeness (QED) is 0.490. The number of esters is 1. The minimum absolute atomic E-state index is 0.0424. The maximum absolute atomic E-state index is 12.7. The Balaban J connectivity index is 1.70. The van der Waals surface area contributed by atoms with Crippen LogP contribution in [0.4, 0.5) is 4.79 Å². The molecule has 0 aromatic carbocycles. The number of alkyl carbamates (subject to hydrolysis) is 1. The third-order valence-corrected chi connectivity index (χ3v) is 5.57. The lowest BCUT2D eigenvalue weighted by Crippen LogP contribution is -2.62. The highest BCUT2D eigenvalue weighted by Gasteiger charge is 2.62. The molecule has 0 spiro atoms. The van der Waals surface area contributed by atoms with Crippen LogP contribution in [0, 0.1) is 0 Å². The first kappa shape index (κ1) is 27.6. The van der Waals surface area contributed by atoms with Gasteiger partial charge in [-0.1, -0.05) is 0 Å². The van der Waals surface area contributed by atoms with Crippen molar-refractivity contribution in [1.29, 1.82) is 0 Å². The zero-order chi connectivity index (χ0) is 26.2. The molecule has 35 heavy (non-hydrogen) atoms. The van der Waals surface area contributed by atoms with Crippen LogP contribution in [-0.2, 0) is 42.7 Å². The number of nitrogens with one attached hydrogen (secondary N) is 2. The summed E-state index contributed by atoms with van der Waals surface area (Å²) < 4.78 is 40.3. The first-order chi connectivity index (χ1) is 16.1. The first-order valence-electron chi connectivity index (χ1n) is 11.8. The molecule has 12 nitrogen and oxygen atoms in total. The van der Waals surface area contributed by atoms with Crippen molar-refractivity contribution in [2.45, 2.75) is 115 Å². The molecule has 200 valence electrons. The van der Waals surface area contributed by atoms with Gasteiger partial charge in [-0.15, -0.1) is 0 Å². The average Bonchev–Trinajstić information content (AvgIpc) is 3.19. The molecule has 3 heterocycles. The van der Waals surface area contributed by atoms with Gasteiger partial charge in [-0.05, 0) is 48.5 Å². The molecule has 0 radical (unpaired) electrons. The van der Waals surface area contributed by atoms with Crippen LogP contribution in [0.15, 0.2) is 0 Å². The molecule has 3 aliphatic rings. The molecule has 3 saturated heterocycles. The van der Waals surface area contributed by atoms with Gasteiger partial charge in [0.05, 0.1) is 19.6 Å². The zero-order valence-electron chi connectivity index (χ0n) is 21.7. The fourth-order valence-corrected chi connectivity index (χ4v) is 4.35. The Hall–Kier alpha value is -1.99. The van der Waals surface area contributed by atoms with Gasteiger partial charge in [0.15, 0.2) is 17.9 Å². The summed E-state index contributed by atoms with van der Waals surface area (Å²) in [5.74, 6) is -2.77. The summed E-state index contributed by atoms with van der Waals surface area (Å²) in [4.78, 5) is 36.8. The number of methoxy groups -OCH3 is 1. The van der Waals surface area contributed by atoms with E-state index >= 15 is 0 Å². The highest BCUT2D eigenvalue weighted by atomic mass is 16.9. The maximum atomic E-state index is 12.7. The van der Waals surface area contributed by atoms with E-state index in [4.69, 9.17) is 33.2 Å². The number of rotatable bonds is 7. The number of fused-ring (bicyclic) bond motifs is 3. The van der Waals surface area contributed by atoms with Crippen LogP contribution in [0.1, 0.15) is 61.3 Å². The summed E-state index contributed by atoms with van der Waals surface area (Å²) >= 11 is 0. The van der Waals surface area contributed by atoms with E-state index in [0.29, 0.717) is 0 Å². The van der Waals surface area contributed by atoms with Gasteiger partial charge < -0.3 is 43.8 Å². The van der Waals surface area contributed by atoms with Crippen LogP contribution >= 0.6 is 0 Å². The zero-order valence-corrected chi connectivity index (χ0v) is 21.7. The molecule has 0 bridgehead atoms. The average molecular weight is 503 g/mol. The van der Waals surface area contributed by atoms with Gasteiger partial charge >= 0.3 is 12.1 Å². The molecule has 0 aromatic heterocycles. The highest BCUT2D eigenvalue weighted by Crippen LogP contribution is 2.45. The molecule has 3 fully saturated rings. The molecule has 0 unspecified atom stereocenters. The Kier molecular flexibility index (Phi) is 8.02. The van der Waals surface area contributed by atoms with Crippen LogP contribution in [0.2, 0.25) is 0 Å². The lowest BCUT2D eigenvalue weighted by Gasteiger charge is -2.40. The van der Waals surface area contributed by atoms with Crippen LogP contribution in [0.3, 0.4) is 0 Å². The van der Waals surface area contributed by atoms with E-state index in [-0.39, 0.29) is 19.4 Å². The normalized spacial score (nSPS) is 31.6. The number of ether oxygens (including phenoxy) is 7. The standard InChI is InChI=1S/C23H38N2O10/c1-21(2,3)35-20(28)24-10-9-13(26)25-12(11-14(27)29-8)15-16-17(32-22(4,5)31-16)18-19(30-15)34-23(6,7)33-18/h12,15-19H,9-11H2,1-8H3,(H,24,28)(H,25,26)/t12-,15+,16-,17-,18+,19+/m0/s1. The second kappa shape index (κ2) is 10.2. The largest absolute Gasteiger partial charge is 0.469 e. The molecular formula is C23H38N2O10.